The van der Waals surface area contributed by atoms with Crippen molar-refractivity contribution in [2.24, 2.45) is 0 Å². The second-order valence-electron chi connectivity index (χ2n) is 3.00. The molecule has 0 aliphatic heterocycles. The molecule has 6 heteroatoms. The van der Waals surface area contributed by atoms with Gasteiger partial charge in [0.25, 0.3) is 0 Å². The summed E-state index contributed by atoms with van der Waals surface area (Å²) in [5, 5.41) is 17.9. The Morgan fingerprint density at radius 3 is 2.93 bits per heavy atom. The fourth-order valence-corrected chi connectivity index (χ4v) is 1.39. The number of nitrogens with zero attached hydrogens (tertiary/aromatic N) is 1. The first-order valence-electron chi connectivity index (χ1n) is 4.13. The van der Waals surface area contributed by atoms with Crippen molar-refractivity contribution >= 4 is 17.0 Å². The minimum atomic E-state index is -1.91. The lowest BCUT2D eigenvalue weighted by Gasteiger charge is -2.07. The Hall–Kier alpha value is -1.95. The minimum absolute atomic E-state index is 0.130. The second kappa shape index (κ2) is 3.32. The van der Waals surface area contributed by atoms with Crippen molar-refractivity contribution in [1.82, 2.24) is 9.97 Å². The van der Waals surface area contributed by atoms with Gasteiger partial charge in [0.2, 0.25) is 0 Å². The molecular weight excluding hydrogens is 203 g/mol. The largest absolute Gasteiger partial charge is 0.479 e. The fraction of sp³-hybridized carbons (Fsp3) is 0.111. The number of fused-ring (bicyclic) bond motifs is 1. The van der Waals surface area contributed by atoms with Gasteiger partial charge < -0.3 is 15.2 Å². The van der Waals surface area contributed by atoms with Crippen molar-refractivity contribution in [3.05, 3.63) is 29.8 Å². The number of aliphatic hydroxyl groups is 1. The first kappa shape index (κ1) is 9.60. The first-order valence-corrected chi connectivity index (χ1v) is 4.13. The van der Waals surface area contributed by atoms with Crippen LogP contribution in [0.1, 0.15) is 11.7 Å². The lowest BCUT2D eigenvalue weighted by Crippen LogP contribution is -2.12. The zero-order valence-corrected chi connectivity index (χ0v) is 7.44. The van der Waals surface area contributed by atoms with Gasteiger partial charge in [-0.3, -0.25) is 0 Å². The molecule has 5 nitrogen and oxygen atoms in total. The summed E-state index contributed by atoms with van der Waals surface area (Å²) in [7, 11) is 0. The number of nitrogens with one attached hydrogen (secondary N) is 1. The van der Waals surface area contributed by atoms with Crippen LogP contribution < -0.4 is 0 Å². The molecule has 15 heavy (non-hydrogen) atoms. The highest BCUT2D eigenvalue weighted by molar-refractivity contribution is 5.85. The number of halogens is 1. The van der Waals surface area contributed by atoms with Crippen molar-refractivity contribution in [3.63, 3.8) is 0 Å². The smallest absolute Gasteiger partial charge is 0.337 e. The summed E-state index contributed by atoms with van der Waals surface area (Å²) in [6.45, 7) is 0. The number of aliphatic carboxylic acids is 1. The van der Waals surface area contributed by atoms with E-state index < -0.39 is 17.9 Å². The quantitative estimate of drug-likeness (QED) is 0.684. The zero-order valence-electron chi connectivity index (χ0n) is 7.44. The van der Waals surface area contributed by atoms with E-state index in [4.69, 9.17) is 5.11 Å². The minimum Gasteiger partial charge on any atom is -0.479 e. The summed E-state index contributed by atoms with van der Waals surface area (Å²) in [6, 6.07) is 2.51. The van der Waals surface area contributed by atoms with Crippen LogP contribution in [0.5, 0.6) is 0 Å². The van der Waals surface area contributed by atoms with Crippen molar-refractivity contribution in [1.29, 1.82) is 0 Å². The van der Waals surface area contributed by atoms with Crippen LogP contribution in [0, 0.1) is 5.82 Å². The molecule has 2 aromatic rings. The number of hydrogen-bond donors (Lipinski definition) is 3. The number of aromatic nitrogens is 2. The number of carbonyl (C=O) groups is 1. The van der Waals surface area contributed by atoms with Crippen molar-refractivity contribution in [2.75, 3.05) is 0 Å². The molecule has 0 amide bonds. The number of rotatable bonds is 2. The second-order valence-corrected chi connectivity index (χ2v) is 3.00. The number of benzene rings is 1. The van der Waals surface area contributed by atoms with Crippen LogP contribution in [0.15, 0.2) is 18.5 Å². The third kappa shape index (κ3) is 1.44. The standard InChI is InChI=1S/C9H7FN2O3/c10-4-1-2-5-7(12-3-11-5)6(4)8(13)9(14)15/h1-3,8,13H,(H,11,12)(H,14,15). The fourth-order valence-electron chi connectivity index (χ4n) is 1.39. The molecule has 3 N–H and O–H groups in total. The third-order valence-electron chi connectivity index (χ3n) is 2.08. The summed E-state index contributed by atoms with van der Waals surface area (Å²) in [4.78, 5) is 17.0. The van der Waals surface area contributed by atoms with Gasteiger partial charge in [0.1, 0.15) is 5.82 Å². The molecule has 0 aliphatic carbocycles. The summed E-state index contributed by atoms with van der Waals surface area (Å²) in [5.74, 6) is -2.30. The van der Waals surface area contributed by atoms with E-state index in [1.807, 2.05) is 0 Å². The van der Waals surface area contributed by atoms with Crippen molar-refractivity contribution in [3.8, 4) is 0 Å². The normalized spacial score (nSPS) is 12.9. The van der Waals surface area contributed by atoms with Gasteiger partial charge in [0.15, 0.2) is 6.10 Å². The molecule has 78 valence electrons. The molecule has 1 aromatic heterocycles. The van der Waals surface area contributed by atoms with Gasteiger partial charge in [-0.1, -0.05) is 0 Å². The first-order chi connectivity index (χ1) is 7.11. The molecule has 1 unspecified atom stereocenters. The molecule has 0 aliphatic rings. The Labute approximate surface area is 83.2 Å². The Kier molecular flexibility index (Phi) is 2.12. The van der Waals surface area contributed by atoms with E-state index in [1.54, 1.807) is 0 Å². The molecular formula is C9H7FN2O3. The maximum atomic E-state index is 13.3. The molecule has 2 rings (SSSR count). The van der Waals surface area contributed by atoms with Crippen LogP contribution in [0.25, 0.3) is 11.0 Å². The van der Waals surface area contributed by atoms with E-state index in [1.165, 1.54) is 12.4 Å². The highest BCUT2D eigenvalue weighted by Crippen LogP contribution is 2.24. The van der Waals surface area contributed by atoms with Crippen LogP contribution in [0.3, 0.4) is 0 Å². The maximum absolute atomic E-state index is 13.3. The maximum Gasteiger partial charge on any atom is 0.337 e. The Bertz CT molecular complexity index is 523. The van der Waals surface area contributed by atoms with Crippen molar-refractivity contribution < 1.29 is 19.4 Å². The highest BCUT2D eigenvalue weighted by atomic mass is 19.1. The number of hydrogen-bond acceptors (Lipinski definition) is 3. The van der Waals surface area contributed by atoms with E-state index >= 15 is 0 Å². The average molecular weight is 210 g/mol. The summed E-state index contributed by atoms with van der Waals surface area (Å²) in [6.07, 6.45) is -0.598. The number of imidazole rings is 1. The number of H-pyrrole nitrogens is 1. The molecule has 1 aromatic carbocycles. The molecule has 0 radical (unpaired) electrons. The Balaban J connectivity index is 2.71. The van der Waals surface area contributed by atoms with Crippen molar-refractivity contribution in [2.45, 2.75) is 6.10 Å². The predicted octanol–water partition coefficient (Wildman–Crippen LogP) is 0.820. The number of carboxylic acid groups (broad SMARTS) is 1. The van der Waals surface area contributed by atoms with E-state index in [0.29, 0.717) is 5.52 Å². The summed E-state index contributed by atoms with van der Waals surface area (Å²) >= 11 is 0. The zero-order chi connectivity index (χ0) is 11.0. The predicted molar refractivity (Wildman–Crippen MR) is 48.6 cm³/mol. The van der Waals surface area contributed by atoms with E-state index in [0.717, 1.165) is 6.07 Å². The van der Waals surface area contributed by atoms with E-state index in [-0.39, 0.29) is 11.1 Å². The average Bonchev–Trinajstić information content (AvgIpc) is 2.64. The lowest BCUT2D eigenvalue weighted by atomic mass is 10.1. The van der Waals surface area contributed by atoms with Crippen LogP contribution in [0.2, 0.25) is 0 Å². The van der Waals surface area contributed by atoms with Crippen LogP contribution in [-0.2, 0) is 4.79 Å². The SMILES string of the molecule is O=C(O)C(O)c1c(F)ccc2[nH]cnc12. The van der Waals surface area contributed by atoms with Gasteiger partial charge >= 0.3 is 5.97 Å². The van der Waals surface area contributed by atoms with E-state index in [9.17, 15) is 14.3 Å². The van der Waals surface area contributed by atoms with Gasteiger partial charge in [0, 0.05) is 0 Å². The molecule has 0 fully saturated rings. The van der Waals surface area contributed by atoms with Crippen LogP contribution >= 0.6 is 0 Å². The number of aromatic amines is 1. The van der Waals surface area contributed by atoms with Gasteiger partial charge in [-0.2, -0.15) is 0 Å². The summed E-state index contributed by atoms with van der Waals surface area (Å²) < 4.78 is 13.3. The topological polar surface area (TPSA) is 86.2 Å². The number of carboxylic acids is 1. The molecule has 0 bridgehead atoms. The highest BCUT2D eigenvalue weighted by Gasteiger charge is 2.23. The van der Waals surface area contributed by atoms with Crippen LogP contribution in [0.4, 0.5) is 4.39 Å². The molecule has 0 spiro atoms. The van der Waals surface area contributed by atoms with Gasteiger partial charge in [-0.15, -0.1) is 0 Å². The molecule has 0 saturated carbocycles. The molecule has 1 heterocycles. The van der Waals surface area contributed by atoms with E-state index in [2.05, 4.69) is 9.97 Å². The monoisotopic (exact) mass is 210 g/mol. The van der Waals surface area contributed by atoms with Gasteiger partial charge in [0.05, 0.1) is 22.9 Å². The molecule has 0 saturated heterocycles. The number of aliphatic hydroxyl groups excluding tert-OH is 1. The van der Waals surface area contributed by atoms with Gasteiger partial charge in [-0.05, 0) is 12.1 Å². The Morgan fingerprint density at radius 1 is 1.53 bits per heavy atom. The van der Waals surface area contributed by atoms with Gasteiger partial charge in [-0.25, -0.2) is 14.2 Å². The lowest BCUT2D eigenvalue weighted by molar-refractivity contribution is -0.147. The molecule has 1 atom stereocenters. The Morgan fingerprint density at radius 2 is 2.27 bits per heavy atom. The van der Waals surface area contributed by atoms with Crippen LogP contribution in [-0.4, -0.2) is 26.2 Å². The third-order valence-corrected chi connectivity index (χ3v) is 2.08. The summed E-state index contributed by atoms with van der Waals surface area (Å²) in [5.41, 5.74) is 0.290.